The molecule has 0 radical (unpaired) electrons. The Morgan fingerprint density at radius 2 is 2.15 bits per heavy atom. The summed E-state index contributed by atoms with van der Waals surface area (Å²) in [4.78, 5) is 11.5. The monoisotopic (exact) mass is 181 g/mol. The molecule has 1 aliphatic rings. The van der Waals surface area contributed by atoms with E-state index in [0.717, 1.165) is 38.0 Å². The van der Waals surface area contributed by atoms with Crippen molar-refractivity contribution in [2.75, 3.05) is 13.1 Å². The number of aromatic amines is 1. The van der Waals surface area contributed by atoms with Gasteiger partial charge in [0.25, 0.3) is 5.56 Å². The molecule has 0 saturated carbocycles. The molecule has 2 rings (SSSR count). The molecule has 72 valence electrons. The Morgan fingerprint density at radius 1 is 1.38 bits per heavy atom. The quantitative estimate of drug-likeness (QED) is 0.635. The summed E-state index contributed by atoms with van der Waals surface area (Å²) in [5.74, 6) is 0. The maximum absolute atomic E-state index is 11.5. The third-order valence-corrected chi connectivity index (χ3v) is 2.59. The van der Waals surface area contributed by atoms with E-state index < -0.39 is 0 Å². The van der Waals surface area contributed by atoms with Crippen LogP contribution in [0.15, 0.2) is 4.79 Å². The largest absolute Gasteiger partial charge is 0.316 e. The Hall–Kier alpha value is -1.03. The van der Waals surface area contributed by atoms with Crippen molar-refractivity contribution in [2.45, 2.75) is 26.3 Å². The molecule has 1 aromatic rings. The summed E-state index contributed by atoms with van der Waals surface area (Å²) in [7, 11) is 0. The van der Waals surface area contributed by atoms with E-state index in [0.29, 0.717) is 0 Å². The van der Waals surface area contributed by atoms with Gasteiger partial charge in [0, 0.05) is 30.8 Å². The standard InChI is InChI=1S/C9H15N3O/c1-2-12-8-4-6-10-5-3-7(8)9(13)11-12/h10H,2-6H2,1H3,(H,11,13). The van der Waals surface area contributed by atoms with Gasteiger partial charge >= 0.3 is 0 Å². The summed E-state index contributed by atoms with van der Waals surface area (Å²) in [6.45, 7) is 4.80. The molecule has 1 aliphatic heterocycles. The minimum Gasteiger partial charge on any atom is -0.316 e. The van der Waals surface area contributed by atoms with Crippen LogP contribution in [0.4, 0.5) is 0 Å². The molecule has 4 nitrogen and oxygen atoms in total. The van der Waals surface area contributed by atoms with E-state index >= 15 is 0 Å². The summed E-state index contributed by atoms with van der Waals surface area (Å²) in [6.07, 6.45) is 1.82. The van der Waals surface area contributed by atoms with Crippen LogP contribution in [0.5, 0.6) is 0 Å². The Bertz CT molecular complexity index is 350. The fourth-order valence-electron chi connectivity index (χ4n) is 1.91. The van der Waals surface area contributed by atoms with Gasteiger partial charge in [-0.2, -0.15) is 0 Å². The van der Waals surface area contributed by atoms with Crippen LogP contribution in [-0.2, 0) is 19.4 Å². The second-order valence-electron chi connectivity index (χ2n) is 3.36. The van der Waals surface area contributed by atoms with Crippen LogP contribution in [0.3, 0.4) is 0 Å². The van der Waals surface area contributed by atoms with Gasteiger partial charge < -0.3 is 5.32 Å². The minimum atomic E-state index is 0.0977. The molecule has 0 bridgehead atoms. The van der Waals surface area contributed by atoms with Crippen molar-refractivity contribution in [1.29, 1.82) is 0 Å². The molecule has 0 fully saturated rings. The van der Waals surface area contributed by atoms with Crippen molar-refractivity contribution in [3.63, 3.8) is 0 Å². The highest BCUT2D eigenvalue weighted by atomic mass is 16.1. The van der Waals surface area contributed by atoms with Gasteiger partial charge in [0.15, 0.2) is 0 Å². The van der Waals surface area contributed by atoms with E-state index in [2.05, 4.69) is 17.3 Å². The lowest BCUT2D eigenvalue weighted by Gasteiger charge is -2.03. The highest BCUT2D eigenvalue weighted by molar-refractivity contribution is 5.20. The van der Waals surface area contributed by atoms with Crippen molar-refractivity contribution >= 4 is 0 Å². The Kier molecular flexibility index (Phi) is 2.22. The summed E-state index contributed by atoms with van der Waals surface area (Å²) >= 11 is 0. The molecular weight excluding hydrogens is 166 g/mol. The molecule has 13 heavy (non-hydrogen) atoms. The van der Waals surface area contributed by atoms with Gasteiger partial charge in [0.1, 0.15) is 0 Å². The molecule has 0 atom stereocenters. The van der Waals surface area contributed by atoms with E-state index in [9.17, 15) is 4.79 Å². The van der Waals surface area contributed by atoms with Crippen molar-refractivity contribution in [1.82, 2.24) is 15.1 Å². The topological polar surface area (TPSA) is 49.8 Å². The number of rotatable bonds is 1. The van der Waals surface area contributed by atoms with Crippen LogP contribution < -0.4 is 10.9 Å². The van der Waals surface area contributed by atoms with E-state index in [-0.39, 0.29) is 5.56 Å². The van der Waals surface area contributed by atoms with Crippen molar-refractivity contribution in [2.24, 2.45) is 0 Å². The smallest absolute Gasteiger partial charge is 0.267 e. The normalized spacial score (nSPS) is 16.7. The van der Waals surface area contributed by atoms with E-state index in [1.54, 1.807) is 0 Å². The molecule has 2 N–H and O–H groups in total. The van der Waals surface area contributed by atoms with E-state index in [4.69, 9.17) is 0 Å². The molecule has 0 unspecified atom stereocenters. The van der Waals surface area contributed by atoms with Crippen LogP contribution in [0.25, 0.3) is 0 Å². The van der Waals surface area contributed by atoms with Gasteiger partial charge in [-0.25, -0.2) is 0 Å². The number of nitrogens with one attached hydrogen (secondary N) is 2. The van der Waals surface area contributed by atoms with Crippen LogP contribution in [0, 0.1) is 0 Å². The zero-order valence-electron chi connectivity index (χ0n) is 7.89. The first-order chi connectivity index (χ1) is 6.33. The number of H-pyrrole nitrogens is 1. The molecule has 0 saturated heterocycles. The van der Waals surface area contributed by atoms with Crippen LogP contribution >= 0.6 is 0 Å². The average Bonchev–Trinajstić information content (AvgIpc) is 2.38. The molecule has 0 spiro atoms. The second kappa shape index (κ2) is 3.38. The maximum Gasteiger partial charge on any atom is 0.267 e. The molecular formula is C9H15N3O. The SMILES string of the molecule is CCn1[nH]c(=O)c2c1CCNCC2. The second-order valence-corrected chi connectivity index (χ2v) is 3.36. The van der Waals surface area contributed by atoms with E-state index in [1.165, 1.54) is 5.69 Å². The molecule has 0 aliphatic carbocycles. The van der Waals surface area contributed by atoms with Gasteiger partial charge in [0.2, 0.25) is 0 Å². The summed E-state index contributed by atoms with van der Waals surface area (Å²) in [6, 6.07) is 0. The highest BCUT2D eigenvalue weighted by Gasteiger charge is 2.15. The lowest BCUT2D eigenvalue weighted by Crippen LogP contribution is -2.19. The first kappa shape index (κ1) is 8.56. The minimum absolute atomic E-state index is 0.0977. The first-order valence-electron chi connectivity index (χ1n) is 4.84. The number of fused-ring (bicyclic) bond motifs is 1. The lowest BCUT2D eigenvalue weighted by molar-refractivity contribution is 0.604. The van der Waals surface area contributed by atoms with Crippen molar-refractivity contribution in [3.05, 3.63) is 21.6 Å². The van der Waals surface area contributed by atoms with Gasteiger partial charge in [-0.1, -0.05) is 0 Å². The van der Waals surface area contributed by atoms with Gasteiger partial charge in [-0.15, -0.1) is 0 Å². The van der Waals surface area contributed by atoms with Crippen LogP contribution in [0.2, 0.25) is 0 Å². The molecule has 0 aromatic carbocycles. The lowest BCUT2D eigenvalue weighted by atomic mass is 10.1. The van der Waals surface area contributed by atoms with Crippen molar-refractivity contribution in [3.8, 4) is 0 Å². The summed E-state index contributed by atoms with van der Waals surface area (Å²) < 4.78 is 1.96. The highest BCUT2D eigenvalue weighted by Crippen LogP contribution is 2.07. The number of hydrogen-bond acceptors (Lipinski definition) is 2. The third-order valence-electron chi connectivity index (χ3n) is 2.59. The predicted octanol–water partition coefficient (Wildman–Crippen LogP) is -0.115. The van der Waals surface area contributed by atoms with Gasteiger partial charge in [-0.3, -0.25) is 14.6 Å². The maximum atomic E-state index is 11.5. The Morgan fingerprint density at radius 3 is 2.92 bits per heavy atom. The zero-order chi connectivity index (χ0) is 9.26. The third kappa shape index (κ3) is 1.42. The van der Waals surface area contributed by atoms with Crippen LogP contribution in [-0.4, -0.2) is 22.9 Å². The average molecular weight is 181 g/mol. The Balaban J connectivity index is 2.48. The predicted molar refractivity (Wildman–Crippen MR) is 51.0 cm³/mol. The molecule has 0 amide bonds. The van der Waals surface area contributed by atoms with Crippen molar-refractivity contribution < 1.29 is 0 Å². The number of hydrogen-bond donors (Lipinski definition) is 2. The number of aromatic nitrogens is 2. The molecule has 4 heteroatoms. The van der Waals surface area contributed by atoms with E-state index in [1.807, 2.05) is 4.68 Å². The number of aryl methyl sites for hydroxylation is 1. The Labute approximate surface area is 76.9 Å². The summed E-state index contributed by atoms with van der Waals surface area (Å²) in [5.41, 5.74) is 2.27. The first-order valence-corrected chi connectivity index (χ1v) is 4.84. The molecule has 1 aromatic heterocycles. The fourth-order valence-corrected chi connectivity index (χ4v) is 1.91. The zero-order valence-corrected chi connectivity index (χ0v) is 7.89. The summed E-state index contributed by atoms with van der Waals surface area (Å²) in [5, 5.41) is 6.16. The fraction of sp³-hybridized carbons (Fsp3) is 0.667. The molecule has 2 heterocycles. The van der Waals surface area contributed by atoms with Gasteiger partial charge in [0.05, 0.1) is 0 Å². The van der Waals surface area contributed by atoms with Crippen LogP contribution in [0.1, 0.15) is 18.2 Å². The number of nitrogens with zero attached hydrogens (tertiary/aromatic N) is 1. The van der Waals surface area contributed by atoms with Gasteiger partial charge in [-0.05, 0) is 19.9 Å².